The Labute approximate surface area is 190 Å². The number of likely N-dealkylation sites (tertiary alicyclic amines) is 1. The molecular weight excluding hydrogens is 437 g/mol. The third-order valence-electron chi connectivity index (χ3n) is 5.87. The van der Waals surface area contributed by atoms with Gasteiger partial charge in [-0.1, -0.05) is 18.2 Å². The van der Waals surface area contributed by atoms with Gasteiger partial charge in [0, 0.05) is 32.5 Å². The summed E-state index contributed by atoms with van der Waals surface area (Å²) in [6.45, 7) is 2.14. The maximum absolute atomic E-state index is 12.9. The zero-order chi connectivity index (χ0) is 24.2. The summed E-state index contributed by atoms with van der Waals surface area (Å²) in [5, 5.41) is 2.73. The largest absolute Gasteiger partial charge is 0.493 e. The number of carbonyl (C=O) groups excluding carboxylic acids is 2. The average molecular weight is 464 g/mol. The number of carbonyl (C=O) groups is 2. The summed E-state index contributed by atoms with van der Waals surface area (Å²) in [6, 6.07) is 10.4. The number of alkyl halides is 3. The van der Waals surface area contributed by atoms with Gasteiger partial charge in [-0.15, -0.1) is 0 Å². The third-order valence-corrected chi connectivity index (χ3v) is 5.87. The van der Waals surface area contributed by atoms with Gasteiger partial charge in [0.25, 0.3) is 0 Å². The Morgan fingerprint density at radius 1 is 1.06 bits per heavy atom. The summed E-state index contributed by atoms with van der Waals surface area (Å²) in [5.74, 6) is 0.0920. The predicted octanol–water partition coefficient (Wildman–Crippen LogP) is 3.99. The predicted molar refractivity (Wildman–Crippen MR) is 116 cm³/mol. The first kappa shape index (κ1) is 24.4. The molecule has 0 radical (unpaired) electrons. The van der Waals surface area contributed by atoms with Crippen molar-refractivity contribution in [1.82, 2.24) is 10.2 Å². The molecule has 2 aromatic carbocycles. The molecule has 178 valence electrons. The van der Waals surface area contributed by atoms with Crippen molar-refractivity contribution >= 4 is 11.8 Å². The summed E-state index contributed by atoms with van der Waals surface area (Å²) < 4.78 is 49.5. The summed E-state index contributed by atoms with van der Waals surface area (Å²) in [6.07, 6.45) is -3.95. The number of nitrogens with zero attached hydrogens (tertiary/aromatic N) is 1. The number of nitrogens with one attached hydrogen (secondary N) is 1. The lowest BCUT2D eigenvalue weighted by Crippen LogP contribution is -2.47. The summed E-state index contributed by atoms with van der Waals surface area (Å²) >= 11 is 0. The van der Waals surface area contributed by atoms with Crippen molar-refractivity contribution in [3.63, 3.8) is 0 Å². The maximum atomic E-state index is 12.9. The topological polar surface area (TPSA) is 67.9 Å². The molecule has 2 amide bonds. The zero-order valence-corrected chi connectivity index (χ0v) is 18.7. The van der Waals surface area contributed by atoms with Gasteiger partial charge in [-0.3, -0.25) is 9.59 Å². The highest BCUT2D eigenvalue weighted by Crippen LogP contribution is 2.36. The molecule has 3 rings (SSSR count). The highest BCUT2D eigenvalue weighted by Gasteiger charge is 2.34. The normalized spacial score (nSPS) is 18.5. The summed E-state index contributed by atoms with van der Waals surface area (Å²) in [7, 11) is 3.08. The van der Waals surface area contributed by atoms with Crippen molar-refractivity contribution in [3.8, 4) is 11.5 Å². The van der Waals surface area contributed by atoms with E-state index in [4.69, 9.17) is 9.47 Å². The Morgan fingerprint density at radius 2 is 1.79 bits per heavy atom. The van der Waals surface area contributed by atoms with Crippen LogP contribution in [0.3, 0.4) is 0 Å². The van der Waals surface area contributed by atoms with E-state index in [2.05, 4.69) is 5.32 Å². The smallest absolute Gasteiger partial charge is 0.416 e. The van der Waals surface area contributed by atoms with Gasteiger partial charge in [-0.2, -0.15) is 13.2 Å². The molecule has 0 aromatic heterocycles. The van der Waals surface area contributed by atoms with Crippen LogP contribution in [0.15, 0.2) is 42.5 Å². The molecule has 0 spiro atoms. The molecule has 0 unspecified atom stereocenters. The van der Waals surface area contributed by atoms with Crippen LogP contribution in [-0.4, -0.2) is 44.0 Å². The van der Waals surface area contributed by atoms with Crippen LogP contribution in [0.4, 0.5) is 13.2 Å². The lowest BCUT2D eigenvalue weighted by Gasteiger charge is -2.37. The monoisotopic (exact) mass is 464 g/mol. The molecule has 2 atom stereocenters. The molecule has 1 saturated heterocycles. The van der Waals surface area contributed by atoms with Gasteiger partial charge in [0.05, 0.1) is 25.7 Å². The van der Waals surface area contributed by atoms with E-state index in [1.54, 1.807) is 18.1 Å². The van der Waals surface area contributed by atoms with E-state index < -0.39 is 17.7 Å². The van der Waals surface area contributed by atoms with E-state index in [9.17, 15) is 22.8 Å². The van der Waals surface area contributed by atoms with E-state index in [0.717, 1.165) is 17.7 Å². The molecule has 0 bridgehead atoms. The highest BCUT2D eigenvalue weighted by molar-refractivity contribution is 5.81. The molecule has 2 aromatic rings. The standard InChI is InChI=1S/C24H27F3N2O4/c1-15(30)29-13-18(17-7-8-21(32-2)22(11-17)33-3)10-19(14-29)23(31)28-12-16-5-4-6-20(9-16)24(25,26)27/h4-9,11,18-19H,10,12-14H2,1-3H3,(H,28,31)/t18-,19+/m1/s1. The Hall–Kier alpha value is -3.23. The fraction of sp³-hybridized carbons (Fsp3) is 0.417. The van der Waals surface area contributed by atoms with Gasteiger partial charge in [0.1, 0.15) is 0 Å². The first-order valence-corrected chi connectivity index (χ1v) is 10.5. The first-order chi connectivity index (χ1) is 15.6. The number of benzene rings is 2. The molecule has 1 heterocycles. The van der Waals surface area contributed by atoms with Crippen LogP contribution in [0.5, 0.6) is 11.5 Å². The fourth-order valence-corrected chi connectivity index (χ4v) is 4.09. The number of halogens is 3. The molecule has 1 fully saturated rings. The molecule has 0 aliphatic carbocycles. The lowest BCUT2D eigenvalue weighted by molar-refractivity contribution is -0.137. The second kappa shape index (κ2) is 10.1. The molecule has 1 aliphatic rings. The number of hydrogen-bond donors (Lipinski definition) is 1. The number of amides is 2. The molecule has 6 nitrogen and oxygen atoms in total. The van der Waals surface area contributed by atoms with E-state index >= 15 is 0 Å². The number of hydrogen-bond acceptors (Lipinski definition) is 4. The number of methoxy groups -OCH3 is 2. The second-order valence-electron chi connectivity index (χ2n) is 8.08. The summed E-state index contributed by atoms with van der Waals surface area (Å²) in [5.41, 5.74) is 0.506. The summed E-state index contributed by atoms with van der Waals surface area (Å²) in [4.78, 5) is 26.7. The van der Waals surface area contributed by atoms with Crippen LogP contribution in [-0.2, 0) is 22.3 Å². The van der Waals surface area contributed by atoms with Gasteiger partial charge in [-0.05, 0) is 41.8 Å². The minimum atomic E-state index is -4.45. The first-order valence-electron chi connectivity index (χ1n) is 10.5. The van der Waals surface area contributed by atoms with E-state index in [0.29, 0.717) is 30.0 Å². The Morgan fingerprint density at radius 3 is 2.42 bits per heavy atom. The van der Waals surface area contributed by atoms with Crippen LogP contribution in [0, 0.1) is 5.92 Å². The van der Waals surface area contributed by atoms with Crippen LogP contribution in [0.2, 0.25) is 0 Å². The van der Waals surface area contributed by atoms with Crippen molar-refractivity contribution in [2.75, 3.05) is 27.3 Å². The Bertz CT molecular complexity index is 1010. The van der Waals surface area contributed by atoms with Crippen LogP contribution in [0.25, 0.3) is 0 Å². The van der Waals surface area contributed by atoms with Gasteiger partial charge in [0.2, 0.25) is 11.8 Å². The van der Waals surface area contributed by atoms with Crippen LogP contribution in [0.1, 0.15) is 36.0 Å². The molecule has 9 heteroatoms. The zero-order valence-electron chi connectivity index (χ0n) is 18.7. The Balaban J connectivity index is 1.74. The molecule has 1 aliphatic heterocycles. The van der Waals surface area contributed by atoms with Crippen molar-refractivity contribution in [2.24, 2.45) is 5.92 Å². The Kier molecular flexibility index (Phi) is 7.50. The highest BCUT2D eigenvalue weighted by atomic mass is 19.4. The van der Waals surface area contributed by atoms with E-state index in [1.165, 1.54) is 26.2 Å². The molecule has 0 saturated carbocycles. The molecule has 1 N–H and O–H groups in total. The quantitative estimate of drug-likeness (QED) is 0.702. The lowest BCUT2D eigenvalue weighted by atomic mass is 9.83. The van der Waals surface area contributed by atoms with Crippen molar-refractivity contribution in [2.45, 2.75) is 32.0 Å². The third kappa shape index (κ3) is 5.97. The van der Waals surface area contributed by atoms with Crippen molar-refractivity contribution < 1.29 is 32.2 Å². The molecule has 33 heavy (non-hydrogen) atoms. The van der Waals surface area contributed by atoms with Gasteiger partial charge in [0.15, 0.2) is 11.5 Å². The maximum Gasteiger partial charge on any atom is 0.416 e. The minimum Gasteiger partial charge on any atom is -0.493 e. The van der Waals surface area contributed by atoms with Gasteiger partial charge >= 0.3 is 6.18 Å². The van der Waals surface area contributed by atoms with E-state index in [1.807, 2.05) is 12.1 Å². The van der Waals surface area contributed by atoms with E-state index in [-0.39, 0.29) is 30.8 Å². The number of piperidine rings is 1. The van der Waals surface area contributed by atoms with Crippen molar-refractivity contribution in [1.29, 1.82) is 0 Å². The van der Waals surface area contributed by atoms with Gasteiger partial charge in [-0.25, -0.2) is 0 Å². The number of rotatable bonds is 6. The van der Waals surface area contributed by atoms with Crippen molar-refractivity contribution in [3.05, 3.63) is 59.2 Å². The SMILES string of the molecule is COc1ccc([C@@H]2C[C@H](C(=O)NCc3cccc(C(F)(F)F)c3)CN(C(C)=O)C2)cc1OC. The van der Waals surface area contributed by atoms with Gasteiger partial charge < -0.3 is 19.7 Å². The molecular formula is C24H27F3N2O4. The van der Waals surface area contributed by atoms with Crippen LogP contribution < -0.4 is 14.8 Å². The minimum absolute atomic E-state index is 0.0274. The average Bonchev–Trinajstić information content (AvgIpc) is 2.81. The van der Waals surface area contributed by atoms with Crippen LogP contribution >= 0.6 is 0 Å². The fourth-order valence-electron chi connectivity index (χ4n) is 4.09. The second-order valence-corrected chi connectivity index (χ2v) is 8.08. The number of ether oxygens (including phenoxy) is 2.